The first-order valence-corrected chi connectivity index (χ1v) is 4.63. The molecule has 0 radical (unpaired) electrons. The lowest BCUT2D eigenvalue weighted by molar-refractivity contribution is -0.113. The van der Waals surface area contributed by atoms with Crippen LogP contribution in [0.2, 0.25) is 0 Å². The third-order valence-corrected chi connectivity index (χ3v) is 1.28. The number of carbonyl (C=O) groups excluding carboxylic acids is 1. The van der Waals surface area contributed by atoms with Crippen molar-refractivity contribution in [1.82, 2.24) is 0 Å². The Morgan fingerprint density at radius 2 is 1.86 bits per heavy atom. The highest BCUT2D eigenvalue weighted by Gasteiger charge is 1.97. The van der Waals surface area contributed by atoms with Gasteiger partial charge in [-0.05, 0) is 35.9 Å². The fourth-order valence-corrected chi connectivity index (χ4v) is 0.725. The van der Waals surface area contributed by atoms with Crippen LogP contribution in [0.4, 0.5) is 4.39 Å². The second kappa shape index (κ2) is 7.33. The predicted octanol–water partition coefficient (Wildman–Crippen LogP) is 3.00. The van der Waals surface area contributed by atoms with Crippen molar-refractivity contribution in [3.05, 3.63) is 30.1 Å². The molecule has 0 aliphatic rings. The second-order valence-corrected chi connectivity index (χ2v) is 2.52. The van der Waals surface area contributed by atoms with E-state index in [1.807, 2.05) is 13.8 Å². The van der Waals surface area contributed by atoms with Crippen molar-refractivity contribution in [2.75, 3.05) is 6.61 Å². The van der Waals surface area contributed by atoms with E-state index in [2.05, 4.69) is 0 Å². The normalized spacial score (nSPS) is 8.57. The Morgan fingerprint density at radius 3 is 2.29 bits per heavy atom. The van der Waals surface area contributed by atoms with Crippen LogP contribution in [0.1, 0.15) is 13.8 Å². The average Bonchev–Trinajstić information content (AvgIpc) is 2.20. The molecule has 1 rings (SSSR count). The molecule has 1 aromatic carbocycles. The summed E-state index contributed by atoms with van der Waals surface area (Å²) >= 11 is 5.02. The van der Waals surface area contributed by atoms with E-state index in [1.165, 1.54) is 24.3 Å². The van der Waals surface area contributed by atoms with Crippen molar-refractivity contribution in [2.24, 2.45) is 0 Å². The van der Waals surface area contributed by atoms with E-state index in [-0.39, 0.29) is 12.4 Å². The Hall–Kier alpha value is -1.09. The van der Waals surface area contributed by atoms with Gasteiger partial charge in [-0.1, -0.05) is 13.8 Å². The first-order chi connectivity index (χ1) is 6.68. The van der Waals surface area contributed by atoms with Crippen molar-refractivity contribution in [3.63, 3.8) is 0 Å². The van der Waals surface area contributed by atoms with Crippen LogP contribution in [0.3, 0.4) is 0 Å². The number of hydrogen-bond donors (Lipinski definition) is 0. The van der Waals surface area contributed by atoms with E-state index in [1.54, 1.807) is 0 Å². The molecule has 2 nitrogen and oxygen atoms in total. The third kappa shape index (κ3) is 5.54. The Balaban J connectivity index is 0.000000791. The van der Waals surface area contributed by atoms with E-state index in [9.17, 15) is 9.18 Å². The fourth-order valence-electron chi connectivity index (χ4n) is 0.671. The molecule has 0 spiro atoms. The molecule has 0 aliphatic carbocycles. The summed E-state index contributed by atoms with van der Waals surface area (Å²) in [7, 11) is 0. The van der Waals surface area contributed by atoms with Crippen LogP contribution in [0.5, 0.6) is 5.75 Å². The van der Waals surface area contributed by atoms with Crippen molar-refractivity contribution < 1.29 is 13.9 Å². The van der Waals surface area contributed by atoms with Crippen LogP contribution in [0.15, 0.2) is 24.3 Å². The van der Waals surface area contributed by atoms with Gasteiger partial charge >= 0.3 is 0 Å². The first-order valence-electron chi connectivity index (χ1n) is 4.25. The van der Waals surface area contributed by atoms with Gasteiger partial charge in [0.25, 0.3) is 5.24 Å². The monoisotopic (exact) mass is 218 g/mol. The zero-order valence-electron chi connectivity index (χ0n) is 8.09. The molecule has 1 aromatic rings. The molecule has 0 aliphatic heterocycles. The van der Waals surface area contributed by atoms with Gasteiger partial charge in [0.2, 0.25) is 0 Å². The Bertz CT molecular complexity index is 272. The highest BCUT2D eigenvalue weighted by molar-refractivity contribution is 6.63. The second-order valence-electron chi connectivity index (χ2n) is 2.10. The maximum absolute atomic E-state index is 12.3. The first kappa shape index (κ1) is 12.9. The summed E-state index contributed by atoms with van der Waals surface area (Å²) in [6.45, 7) is 3.80. The Morgan fingerprint density at radius 1 is 1.36 bits per heavy atom. The molecule has 14 heavy (non-hydrogen) atoms. The molecule has 0 N–H and O–H groups in total. The Kier molecular flexibility index (Phi) is 6.76. The predicted molar refractivity (Wildman–Crippen MR) is 54.1 cm³/mol. The van der Waals surface area contributed by atoms with Crippen LogP contribution >= 0.6 is 11.6 Å². The van der Waals surface area contributed by atoms with Crippen LogP contribution < -0.4 is 4.74 Å². The van der Waals surface area contributed by atoms with Crippen molar-refractivity contribution in [1.29, 1.82) is 0 Å². The minimum absolute atomic E-state index is 0.201. The maximum atomic E-state index is 12.3. The maximum Gasteiger partial charge on any atom is 0.259 e. The average molecular weight is 219 g/mol. The van der Waals surface area contributed by atoms with Gasteiger partial charge in [0.05, 0.1) is 0 Å². The number of carbonyl (C=O) groups is 1. The van der Waals surface area contributed by atoms with Gasteiger partial charge in [0.1, 0.15) is 11.6 Å². The molecule has 0 amide bonds. The standard InChI is InChI=1S/C8H6ClFO2.C2H6/c9-8(11)5-12-7-3-1-6(10)2-4-7;1-2/h1-4H,5H2;1-2H3. The van der Waals surface area contributed by atoms with E-state index < -0.39 is 5.24 Å². The van der Waals surface area contributed by atoms with Crippen molar-refractivity contribution >= 4 is 16.8 Å². The van der Waals surface area contributed by atoms with Gasteiger partial charge in [-0.15, -0.1) is 0 Å². The molecular formula is C10H12ClFO2. The van der Waals surface area contributed by atoms with Crippen LogP contribution in [-0.2, 0) is 4.79 Å². The van der Waals surface area contributed by atoms with Crippen molar-refractivity contribution in [3.8, 4) is 5.75 Å². The summed E-state index contributed by atoms with van der Waals surface area (Å²) in [5, 5.41) is -0.584. The lowest BCUT2D eigenvalue weighted by atomic mass is 10.3. The SMILES string of the molecule is CC.O=C(Cl)COc1ccc(F)cc1. The number of hydrogen-bond acceptors (Lipinski definition) is 2. The molecule has 4 heteroatoms. The number of halogens is 2. The van der Waals surface area contributed by atoms with Gasteiger partial charge in [-0.25, -0.2) is 4.39 Å². The molecule has 0 saturated heterocycles. The van der Waals surface area contributed by atoms with E-state index in [4.69, 9.17) is 16.3 Å². The topological polar surface area (TPSA) is 26.3 Å². The summed E-state index contributed by atoms with van der Waals surface area (Å²) in [5.41, 5.74) is 0. The zero-order valence-corrected chi connectivity index (χ0v) is 8.84. The number of ether oxygens (including phenoxy) is 1. The molecule has 0 bridgehead atoms. The van der Waals surface area contributed by atoms with Crippen LogP contribution in [-0.4, -0.2) is 11.8 Å². The van der Waals surface area contributed by atoms with Gasteiger partial charge in [0, 0.05) is 0 Å². The van der Waals surface area contributed by atoms with Gasteiger partial charge < -0.3 is 4.74 Å². The van der Waals surface area contributed by atoms with Crippen molar-refractivity contribution in [2.45, 2.75) is 13.8 Å². The summed E-state index contributed by atoms with van der Waals surface area (Å²) in [6, 6.07) is 5.34. The van der Waals surface area contributed by atoms with Crippen LogP contribution in [0, 0.1) is 5.82 Å². The molecule has 0 heterocycles. The van der Waals surface area contributed by atoms with E-state index in [0.717, 1.165) is 0 Å². The summed E-state index contributed by atoms with van der Waals surface area (Å²) in [5.74, 6) is 0.0740. The van der Waals surface area contributed by atoms with E-state index in [0.29, 0.717) is 5.75 Å². The molecule has 0 atom stereocenters. The quantitative estimate of drug-likeness (QED) is 0.729. The fraction of sp³-hybridized carbons (Fsp3) is 0.300. The van der Waals surface area contributed by atoms with Crippen LogP contribution in [0.25, 0.3) is 0 Å². The minimum atomic E-state index is -0.584. The van der Waals surface area contributed by atoms with Gasteiger partial charge in [-0.3, -0.25) is 4.79 Å². The molecule has 0 aromatic heterocycles. The Labute approximate surface area is 87.6 Å². The highest BCUT2D eigenvalue weighted by Crippen LogP contribution is 2.10. The van der Waals surface area contributed by atoms with Gasteiger partial charge in [0.15, 0.2) is 6.61 Å². The third-order valence-electron chi connectivity index (χ3n) is 1.17. The van der Waals surface area contributed by atoms with Gasteiger partial charge in [-0.2, -0.15) is 0 Å². The lowest BCUT2D eigenvalue weighted by Crippen LogP contribution is -2.03. The molecule has 0 unspecified atom stereocenters. The minimum Gasteiger partial charge on any atom is -0.484 e. The molecule has 78 valence electrons. The zero-order chi connectivity index (χ0) is 11.0. The summed E-state index contributed by atoms with van der Waals surface area (Å²) in [4.78, 5) is 10.3. The molecular weight excluding hydrogens is 207 g/mol. The highest BCUT2D eigenvalue weighted by atomic mass is 35.5. The summed E-state index contributed by atoms with van der Waals surface area (Å²) in [6.07, 6.45) is 0. The number of benzene rings is 1. The van der Waals surface area contributed by atoms with E-state index >= 15 is 0 Å². The smallest absolute Gasteiger partial charge is 0.259 e. The molecule has 0 fully saturated rings. The molecule has 0 saturated carbocycles. The summed E-state index contributed by atoms with van der Waals surface area (Å²) < 4.78 is 17.2. The lowest BCUT2D eigenvalue weighted by Gasteiger charge is -2.01. The largest absolute Gasteiger partial charge is 0.484 e. The number of rotatable bonds is 3.